The standard InChI is InChI=1S/C19H17BrFN3O4/c1-3-28-18(25)17-22-24(15-6-4-13(20)5-7-15)19(26)23(17)11-12-8-14(21)10-16(9-12)27-2/h4-10H,3,11H2,1-2H3. The average Bonchev–Trinajstić information content (AvgIpc) is 2.99. The van der Waals surface area contributed by atoms with Crippen molar-refractivity contribution in [2.24, 2.45) is 0 Å². The minimum absolute atomic E-state index is 0.0718. The van der Waals surface area contributed by atoms with E-state index in [0.717, 1.165) is 13.7 Å². The van der Waals surface area contributed by atoms with Gasteiger partial charge in [0.1, 0.15) is 11.6 Å². The lowest BCUT2D eigenvalue weighted by Gasteiger charge is -2.07. The molecular weight excluding hydrogens is 433 g/mol. The SMILES string of the molecule is CCOC(=O)c1nn(-c2ccc(Br)cc2)c(=O)n1Cc1cc(F)cc(OC)c1. The predicted octanol–water partition coefficient (Wildman–Crippen LogP) is 3.17. The number of esters is 1. The lowest BCUT2D eigenvalue weighted by molar-refractivity contribution is 0.0505. The van der Waals surface area contributed by atoms with Crippen molar-refractivity contribution in [1.29, 1.82) is 0 Å². The second kappa shape index (κ2) is 8.39. The average molecular weight is 450 g/mol. The number of ether oxygens (including phenoxy) is 2. The molecule has 0 radical (unpaired) electrons. The Bertz CT molecular complexity index is 1060. The Hall–Kier alpha value is -2.94. The first-order valence-electron chi connectivity index (χ1n) is 8.39. The quantitative estimate of drug-likeness (QED) is 0.540. The molecule has 0 spiro atoms. The van der Waals surface area contributed by atoms with Crippen molar-refractivity contribution in [3.63, 3.8) is 0 Å². The van der Waals surface area contributed by atoms with Gasteiger partial charge in [-0.25, -0.2) is 14.0 Å². The molecule has 0 N–H and O–H groups in total. The Morgan fingerprint density at radius 1 is 1.21 bits per heavy atom. The second-order valence-corrected chi connectivity index (χ2v) is 6.72. The van der Waals surface area contributed by atoms with Gasteiger partial charge >= 0.3 is 11.7 Å². The van der Waals surface area contributed by atoms with E-state index in [4.69, 9.17) is 9.47 Å². The fraction of sp³-hybridized carbons (Fsp3) is 0.211. The van der Waals surface area contributed by atoms with E-state index >= 15 is 0 Å². The Labute approximate surface area is 168 Å². The van der Waals surface area contributed by atoms with E-state index in [9.17, 15) is 14.0 Å². The summed E-state index contributed by atoms with van der Waals surface area (Å²) in [6, 6.07) is 10.9. The molecule has 28 heavy (non-hydrogen) atoms. The lowest BCUT2D eigenvalue weighted by Crippen LogP contribution is -2.26. The van der Waals surface area contributed by atoms with Crippen LogP contribution in [0.25, 0.3) is 5.69 Å². The van der Waals surface area contributed by atoms with Crippen LogP contribution in [0.5, 0.6) is 5.75 Å². The first-order valence-corrected chi connectivity index (χ1v) is 9.18. The van der Waals surface area contributed by atoms with Crippen LogP contribution in [-0.4, -0.2) is 34.0 Å². The van der Waals surface area contributed by atoms with Crippen molar-refractivity contribution in [2.45, 2.75) is 13.5 Å². The van der Waals surface area contributed by atoms with Crippen LogP contribution in [-0.2, 0) is 11.3 Å². The molecule has 0 saturated carbocycles. The summed E-state index contributed by atoms with van der Waals surface area (Å²) in [5, 5.41) is 4.14. The van der Waals surface area contributed by atoms with E-state index in [0.29, 0.717) is 17.0 Å². The van der Waals surface area contributed by atoms with Crippen LogP contribution in [0.15, 0.2) is 51.7 Å². The second-order valence-electron chi connectivity index (χ2n) is 5.80. The van der Waals surface area contributed by atoms with Gasteiger partial charge in [0.25, 0.3) is 0 Å². The van der Waals surface area contributed by atoms with Crippen molar-refractivity contribution in [2.75, 3.05) is 13.7 Å². The largest absolute Gasteiger partial charge is 0.497 e. The van der Waals surface area contributed by atoms with Crippen LogP contribution >= 0.6 is 15.9 Å². The van der Waals surface area contributed by atoms with Crippen LogP contribution in [0.4, 0.5) is 4.39 Å². The molecular formula is C19H17BrFN3O4. The van der Waals surface area contributed by atoms with Crippen LogP contribution in [0.3, 0.4) is 0 Å². The zero-order valence-corrected chi connectivity index (χ0v) is 16.8. The molecule has 0 amide bonds. The molecule has 3 rings (SSSR count). The van der Waals surface area contributed by atoms with Crippen molar-refractivity contribution in [3.8, 4) is 11.4 Å². The topological polar surface area (TPSA) is 75.4 Å². The number of hydrogen-bond acceptors (Lipinski definition) is 5. The van der Waals surface area contributed by atoms with E-state index in [2.05, 4.69) is 21.0 Å². The number of halogens is 2. The molecule has 0 aliphatic carbocycles. The summed E-state index contributed by atoms with van der Waals surface area (Å²) in [4.78, 5) is 25.3. The van der Waals surface area contributed by atoms with E-state index in [1.165, 1.54) is 19.2 Å². The van der Waals surface area contributed by atoms with Gasteiger partial charge in [-0.2, -0.15) is 4.68 Å². The van der Waals surface area contributed by atoms with E-state index in [-0.39, 0.29) is 19.0 Å². The Morgan fingerprint density at radius 3 is 2.57 bits per heavy atom. The van der Waals surface area contributed by atoms with Gasteiger partial charge in [-0.3, -0.25) is 4.57 Å². The molecule has 0 atom stereocenters. The number of carbonyl (C=O) groups excluding carboxylic acids is 1. The number of methoxy groups -OCH3 is 1. The van der Waals surface area contributed by atoms with Crippen molar-refractivity contribution in [3.05, 3.63) is 74.6 Å². The molecule has 3 aromatic rings. The third-order valence-electron chi connectivity index (χ3n) is 3.90. The zero-order chi connectivity index (χ0) is 20.3. The highest BCUT2D eigenvalue weighted by molar-refractivity contribution is 9.10. The maximum Gasteiger partial charge on any atom is 0.376 e. The van der Waals surface area contributed by atoms with Crippen LogP contribution in [0, 0.1) is 5.82 Å². The van der Waals surface area contributed by atoms with Crippen molar-refractivity contribution >= 4 is 21.9 Å². The summed E-state index contributed by atoms with van der Waals surface area (Å²) in [5.41, 5.74) is 0.378. The van der Waals surface area contributed by atoms with Gasteiger partial charge in [0.2, 0.25) is 5.82 Å². The number of hydrogen-bond donors (Lipinski definition) is 0. The number of aromatic nitrogens is 3. The van der Waals surface area contributed by atoms with Gasteiger partial charge in [-0.05, 0) is 48.9 Å². The first kappa shape index (κ1) is 19.8. The molecule has 9 heteroatoms. The summed E-state index contributed by atoms with van der Waals surface area (Å²) in [7, 11) is 1.42. The minimum Gasteiger partial charge on any atom is -0.497 e. The third kappa shape index (κ3) is 4.14. The lowest BCUT2D eigenvalue weighted by atomic mass is 10.2. The monoisotopic (exact) mass is 449 g/mol. The van der Waals surface area contributed by atoms with Crippen molar-refractivity contribution < 1.29 is 18.7 Å². The number of carbonyl (C=O) groups is 1. The van der Waals surface area contributed by atoms with Crippen LogP contribution in [0.2, 0.25) is 0 Å². The minimum atomic E-state index is -0.737. The Balaban J connectivity index is 2.10. The third-order valence-corrected chi connectivity index (χ3v) is 4.43. The summed E-state index contributed by atoms with van der Waals surface area (Å²) in [6.45, 7) is 1.72. The fourth-order valence-corrected chi connectivity index (χ4v) is 2.91. The summed E-state index contributed by atoms with van der Waals surface area (Å²) >= 11 is 3.33. The van der Waals surface area contributed by atoms with Gasteiger partial charge in [-0.1, -0.05) is 15.9 Å². The molecule has 7 nitrogen and oxygen atoms in total. The molecule has 0 bridgehead atoms. The van der Waals surface area contributed by atoms with E-state index in [1.54, 1.807) is 37.3 Å². The fourth-order valence-electron chi connectivity index (χ4n) is 2.65. The number of rotatable bonds is 6. The molecule has 1 heterocycles. The molecule has 0 unspecified atom stereocenters. The molecule has 0 saturated heterocycles. The van der Waals surface area contributed by atoms with Gasteiger partial charge in [0.05, 0.1) is 25.9 Å². The molecule has 1 aromatic heterocycles. The summed E-state index contributed by atoms with van der Waals surface area (Å²) in [5.74, 6) is -1.11. The molecule has 0 aliphatic rings. The highest BCUT2D eigenvalue weighted by Crippen LogP contribution is 2.18. The van der Waals surface area contributed by atoms with E-state index < -0.39 is 17.5 Å². The van der Waals surface area contributed by atoms with Crippen LogP contribution < -0.4 is 10.4 Å². The van der Waals surface area contributed by atoms with Gasteiger partial charge in [0.15, 0.2) is 0 Å². The number of benzene rings is 2. The number of nitrogens with zero attached hydrogens (tertiary/aromatic N) is 3. The highest BCUT2D eigenvalue weighted by atomic mass is 79.9. The maximum atomic E-state index is 13.8. The maximum absolute atomic E-state index is 13.8. The predicted molar refractivity (Wildman–Crippen MR) is 104 cm³/mol. The van der Waals surface area contributed by atoms with Crippen LogP contribution in [0.1, 0.15) is 23.1 Å². The summed E-state index contributed by atoms with van der Waals surface area (Å²) < 4.78 is 27.0. The van der Waals surface area contributed by atoms with Gasteiger partial charge in [-0.15, -0.1) is 5.10 Å². The molecule has 146 valence electrons. The van der Waals surface area contributed by atoms with E-state index in [1.807, 2.05) is 0 Å². The van der Waals surface area contributed by atoms with Crippen molar-refractivity contribution in [1.82, 2.24) is 14.3 Å². The molecule has 0 aliphatic heterocycles. The molecule has 2 aromatic carbocycles. The Kier molecular flexibility index (Phi) is 5.93. The highest BCUT2D eigenvalue weighted by Gasteiger charge is 2.22. The van der Waals surface area contributed by atoms with Gasteiger partial charge in [0, 0.05) is 10.5 Å². The van der Waals surface area contributed by atoms with Gasteiger partial charge < -0.3 is 9.47 Å². The zero-order valence-electron chi connectivity index (χ0n) is 15.2. The Morgan fingerprint density at radius 2 is 1.93 bits per heavy atom. The smallest absolute Gasteiger partial charge is 0.376 e. The molecule has 0 fully saturated rings. The summed E-state index contributed by atoms with van der Waals surface area (Å²) in [6.07, 6.45) is 0. The first-order chi connectivity index (χ1) is 13.4. The normalized spacial score (nSPS) is 10.7.